The number of nitrogens with zero attached hydrogens (tertiary/aromatic N) is 2. The van der Waals surface area contributed by atoms with E-state index in [1.807, 2.05) is 12.1 Å². The highest BCUT2D eigenvalue weighted by Gasteiger charge is 2.34. The molecule has 0 aliphatic carbocycles. The number of fused-ring (bicyclic) bond motifs is 1. The summed E-state index contributed by atoms with van der Waals surface area (Å²) in [5.74, 6) is -0.778. The molecule has 1 fully saturated rings. The number of para-hydroxylation sites is 1. The minimum absolute atomic E-state index is 0.103. The van der Waals surface area contributed by atoms with Crippen LogP contribution in [-0.4, -0.2) is 48.4 Å². The number of aromatic nitrogens is 1. The van der Waals surface area contributed by atoms with Crippen molar-refractivity contribution in [3.8, 4) is 0 Å². The molecule has 1 aromatic heterocycles. The van der Waals surface area contributed by atoms with Crippen LogP contribution in [0, 0.1) is 5.92 Å². The molecule has 1 saturated heterocycles. The number of nitrogens with one attached hydrogen (secondary N) is 3. The van der Waals surface area contributed by atoms with Gasteiger partial charge in [-0.25, -0.2) is 8.42 Å². The van der Waals surface area contributed by atoms with Crippen molar-refractivity contribution < 1.29 is 13.2 Å². The van der Waals surface area contributed by atoms with E-state index in [0.717, 1.165) is 5.39 Å². The first-order valence-electron chi connectivity index (χ1n) is 9.22. The molecule has 8 nitrogen and oxygen atoms in total. The molecule has 154 valence electrons. The standard InChI is InChI=1S/C19H23N5O3S2/c1-2-10-21-19(28)23-22-18(25)15-8-5-12-24(13-15)29(26,27)16-9-3-6-14-7-4-11-20-17(14)16/h2-4,6-7,9,11,15H,1,5,8,10,12-13H2,(H,22,25)(H2,21,23,28)/t15-/m1/s1. The maximum Gasteiger partial charge on any atom is 0.245 e. The van der Waals surface area contributed by atoms with Gasteiger partial charge in [-0.05, 0) is 37.2 Å². The van der Waals surface area contributed by atoms with Crippen molar-refractivity contribution in [2.75, 3.05) is 19.6 Å². The quantitative estimate of drug-likeness (QED) is 0.371. The molecule has 1 aliphatic heterocycles. The largest absolute Gasteiger partial charge is 0.358 e. The number of hydrogen-bond acceptors (Lipinski definition) is 5. The van der Waals surface area contributed by atoms with Crippen molar-refractivity contribution in [2.24, 2.45) is 5.92 Å². The van der Waals surface area contributed by atoms with Crippen molar-refractivity contribution in [1.29, 1.82) is 0 Å². The lowest BCUT2D eigenvalue weighted by molar-refractivity contribution is -0.126. The van der Waals surface area contributed by atoms with Gasteiger partial charge in [0.25, 0.3) is 0 Å². The van der Waals surface area contributed by atoms with Crippen LogP contribution >= 0.6 is 12.2 Å². The summed E-state index contributed by atoms with van der Waals surface area (Å²) < 4.78 is 27.9. The van der Waals surface area contributed by atoms with E-state index in [1.165, 1.54) is 4.31 Å². The minimum atomic E-state index is -3.78. The first-order chi connectivity index (χ1) is 13.9. The third-order valence-corrected chi connectivity index (χ3v) is 6.82. The van der Waals surface area contributed by atoms with Gasteiger partial charge in [0.15, 0.2) is 5.11 Å². The first-order valence-corrected chi connectivity index (χ1v) is 11.1. The van der Waals surface area contributed by atoms with Crippen molar-refractivity contribution in [2.45, 2.75) is 17.7 Å². The second kappa shape index (κ2) is 9.29. The number of sulfonamides is 1. The van der Waals surface area contributed by atoms with Gasteiger partial charge in [-0.15, -0.1) is 6.58 Å². The van der Waals surface area contributed by atoms with Gasteiger partial charge in [0.05, 0.1) is 11.4 Å². The van der Waals surface area contributed by atoms with Crippen LogP contribution in [0.25, 0.3) is 10.9 Å². The number of carbonyl (C=O) groups is 1. The van der Waals surface area contributed by atoms with Crippen LogP contribution in [0.15, 0.2) is 54.1 Å². The fourth-order valence-corrected chi connectivity index (χ4v) is 5.05. The third kappa shape index (κ3) is 4.89. The molecule has 0 spiro atoms. The molecule has 3 N–H and O–H groups in total. The molecule has 2 aromatic rings. The lowest BCUT2D eigenvalue weighted by Crippen LogP contribution is -2.52. The van der Waals surface area contributed by atoms with Gasteiger partial charge in [-0.1, -0.05) is 24.3 Å². The molecule has 3 rings (SSSR count). The number of rotatable bonds is 5. The molecule has 0 unspecified atom stereocenters. The first kappa shape index (κ1) is 21.2. The Labute approximate surface area is 175 Å². The van der Waals surface area contributed by atoms with Crippen LogP contribution in [0.2, 0.25) is 0 Å². The molecule has 0 bridgehead atoms. The minimum Gasteiger partial charge on any atom is -0.358 e. The molecule has 10 heteroatoms. The lowest BCUT2D eigenvalue weighted by Gasteiger charge is -2.31. The van der Waals surface area contributed by atoms with Gasteiger partial charge in [0.2, 0.25) is 15.9 Å². The number of pyridine rings is 1. The highest BCUT2D eigenvalue weighted by atomic mass is 32.2. The van der Waals surface area contributed by atoms with E-state index >= 15 is 0 Å². The number of piperidine rings is 1. The monoisotopic (exact) mass is 433 g/mol. The Morgan fingerprint density at radius 1 is 1.31 bits per heavy atom. The Kier molecular flexibility index (Phi) is 6.78. The van der Waals surface area contributed by atoms with Gasteiger partial charge in [0.1, 0.15) is 4.90 Å². The van der Waals surface area contributed by atoms with Gasteiger partial charge in [-0.3, -0.25) is 20.6 Å². The van der Waals surface area contributed by atoms with Crippen molar-refractivity contribution in [3.05, 3.63) is 49.2 Å². The molecule has 0 saturated carbocycles. The zero-order valence-corrected chi connectivity index (χ0v) is 17.4. The molecular weight excluding hydrogens is 410 g/mol. The number of hydrogen-bond donors (Lipinski definition) is 3. The molecular formula is C19H23N5O3S2. The average Bonchev–Trinajstić information content (AvgIpc) is 2.75. The lowest BCUT2D eigenvalue weighted by atomic mass is 9.99. The summed E-state index contributed by atoms with van der Waals surface area (Å²) in [7, 11) is -3.78. The van der Waals surface area contributed by atoms with E-state index < -0.39 is 15.9 Å². The zero-order valence-electron chi connectivity index (χ0n) is 15.8. The molecule has 29 heavy (non-hydrogen) atoms. The van der Waals surface area contributed by atoms with E-state index in [2.05, 4.69) is 27.7 Å². The summed E-state index contributed by atoms with van der Waals surface area (Å²) in [5.41, 5.74) is 5.59. The molecule has 0 radical (unpaired) electrons. The van der Waals surface area contributed by atoms with Crippen LogP contribution in [-0.2, 0) is 14.8 Å². The van der Waals surface area contributed by atoms with E-state index in [1.54, 1.807) is 30.5 Å². The van der Waals surface area contributed by atoms with Crippen LogP contribution in [0.1, 0.15) is 12.8 Å². The van der Waals surface area contributed by atoms with Gasteiger partial charge >= 0.3 is 0 Å². The van der Waals surface area contributed by atoms with Crippen molar-refractivity contribution in [1.82, 2.24) is 25.5 Å². The highest BCUT2D eigenvalue weighted by Crippen LogP contribution is 2.27. The fourth-order valence-electron chi connectivity index (χ4n) is 3.23. The fraction of sp³-hybridized carbons (Fsp3) is 0.316. The van der Waals surface area contributed by atoms with E-state index in [-0.39, 0.29) is 22.5 Å². The van der Waals surface area contributed by atoms with Crippen LogP contribution in [0.4, 0.5) is 0 Å². The van der Waals surface area contributed by atoms with Crippen LogP contribution in [0.3, 0.4) is 0 Å². The Balaban J connectivity index is 1.72. The third-order valence-electron chi connectivity index (χ3n) is 4.67. The summed E-state index contributed by atoms with van der Waals surface area (Å²) in [4.78, 5) is 16.9. The highest BCUT2D eigenvalue weighted by molar-refractivity contribution is 7.89. The number of thiocarbonyl (C=S) groups is 1. The van der Waals surface area contributed by atoms with Crippen LogP contribution < -0.4 is 16.2 Å². The van der Waals surface area contributed by atoms with E-state index in [0.29, 0.717) is 31.4 Å². The smallest absolute Gasteiger partial charge is 0.245 e. The maximum absolute atomic E-state index is 13.3. The number of carbonyl (C=O) groups excluding carboxylic acids is 1. The SMILES string of the molecule is C=CCNC(=S)NNC(=O)[C@@H]1CCCN(S(=O)(=O)c2cccc3cccnc23)C1. The molecule has 2 heterocycles. The number of benzene rings is 1. The summed E-state index contributed by atoms with van der Waals surface area (Å²) in [5, 5.41) is 3.85. The number of amides is 1. The number of hydrazine groups is 1. The molecule has 1 aromatic carbocycles. The normalized spacial score (nSPS) is 17.4. The summed E-state index contributed by atoms with van der Waals surface area (Å²) in [6.45, 7) is 4.51. The summed E-state index contributed by atoms with van der Waals surface area (Å²) in [6, 6.07) is 8.67. The zero-order chi connectivity index (χ0) is 20.9. The Morgan fingerprint density at radius 2 is 2.10 bits per heavy atom. The van der Waals surface area contributed by atoms with Gasteiger partial charge < -0.3 is 5.32 Å². The Bertz CT molecular complexity index is 1020. The molecule has 1 amide bonds. The van der Waals surface area contributed by atoms with Gasteiger partial charge in [0, 0.05) is 31.2 Å². The second-order valence-corrected chi connectivity index (χ2v) is 8.96. The maximum atomic E-state index is 13.3. The predicted octanol–water partition coefficient (Wildman–Crippen LogP) is 1.32. The summed E-state index contributed by atoms with van der Waals surface area (Å²) >= 11 is 5.03. The molecule has 1 atom stereocenters. The topological polar surface area (TPSA) is 103 Å². The predicted molar refractivity (Wildman–Crippen MR) is 115 cm³/mol. The van der Waals surface area contributed by atoms with E-state index in [9.17, 15) is 13.2 Å². The molecule has 1 aliphatic rings. The van der Waals surface area contributed by atoms with Gasteiger partial charge in [-0.2, -0.15) is 4.31 Å². The van der Waals surface area contributed by atoms with Crippen molar-refractivity contribution in [3.63, 3.8) is 0 Å². The second-order valence-electron chi connectivity index (χ2n) is 6.65. The summed E-state index contributed by atoms with van der Waals surface area (Å²) in [6.07, 6.45) is 4.40. The Hall–Kier alpha value is -2.56. The van der Waals surface area contributed by atoms with E-state index in [4.69, 9.17) is 12.2 Å². The Morgan fingerprint density at radius 3 is 2.90 bits per heavy atom. The van der Waals surface area contributed by atoms with Crippen molar-refractivity contribution >= 4 is 44.2 Å². The van der Waals surface area contributed by atoms with Crippen LogP contribution in [0.5, 0.6) is 0 Å². The average molecular weight is 434 g/mol.